The van der Waals surface area contributed by atoms with Crippen LogP contribution in [-0.4, -0.2) is 92.0 Å². The van der Waals surface area contributed by atoms with Gasteiger partial charge in [-0.25, -0.2) is 0 Å². The molecule has 0 saturated carbocycles. The third-order valence-electron chi connectivity index (χ3n) is 12.8. The molecule has 14 nitrogen and oxygen atoms in total. The molecule has 4 amide bonds. The maximum absolute atomic E-state index is 14.2. The van der Waals surface area contributed by atoms with E-state index in [1.54, 1.807) is 22.7 Å². The fourth-order valence-electron chi connectivity index (χ4n) is 8.89. The van der Waals surface area contributed by atoms with Crippen LogP contribution in [0.3, 0.4) is 0 Å². The number of nitrogens with one attached hydrogen (secondary N) is 3. The van der Waals surface area contributed by atoms with Crippen molar-refractivity contribution in [3.05, 3.63) is 139 Å². The Balaban J connectivity index is 0.828. The number of thiophene rings is 2. The van der Waals surface area contributed by atoms with Gasteiger partial charge in [-0.15, -0.1) is 32.9 Å². The van der Waals surface area contributed by atoms with E-state index in [-0.39, 0.29) is 63.2 Å². The van der Waals surface area contributed by atoms with Crippen LogP contribution in [0.4, 0.5) is 0 Å². The zero-order valence-electron chi connectivity index (χ0n) is 40.5. The number of aliphatic imine (C=N–C) groups is 1. The van der Waals surface area contributed by atoms with Crippen molar-refractivity contribution >= 4 is 63.6 Å². The van der Waals surface area contributed by atoms with Gasteiger partial charge in [0, 0.05) is 51.8 Å². The summed E-state index contributed by atoms with van der Waals surface area (Å²) in [5, 5.41) is 32.1. The average Bonchev–Trinajstić information content (AvgIpc) is 4.10. The van der Waals surface area contributed by atoms with Crippen molar-refractivity contribution in [2.24, 2.45) is 10.4 Å². The predicted molar refractivity (Wildman–Crippen MR) is 275 cm³/mol. The molecule has 4 atom stereocenters. The van der Waals surface area contributed by atoms with Gasteiger partial charge in [0.25, 0.3) is 0 Å². The zero-order chi connectivity index (χ0) is 49.9. The largest absolute Gasteiger partial charge is 0.492 e. The Labute approximate surface area is 421 Å². The fourth-order valence-corrected chi connectivity index (χ4v) is 11.2. The number of hydrogen-bond donors (Lipinski definition) is 4. The summed E-state index contributed by atoms with van der Waals surface area (Å²) in [6, 6.07) is 22.6. The number of halogens is 1. The molecule has 0 radical (unpaired) electrons. The molecule has 0 spiro atoms. The molecule has 70 heavy (non-hydrogen) atoms. The van der Waals surface area contributed by atoms with E-state index in [9.17, 15) is 24.3 Å². The highest BCUT2D eigenvalue weighted by Crippen LogP contribution is 2.40. The number of carbonyl (C=O) groups excluding carboxylic acids is 4. The Hall–Kier alpha value is -6.20. The summed E-state index contributed by atoms with van der Waals surface area (Å²) in [4.78, 5) is 63.7. The first-order valence-corrected chi connectivity index (χ1v) is 25.6. The van der Waals surface area contributed by atoms with Gasteiger partial charge in [-0.05, 0) is 103 Å². The molecule has 0 unspecified atom stereocenters. The van der Waals surface area contributed by atoms with E-state index in [1.807, 2.05) is 105 Å². The quantitative estimate of drug-likeness (QED) is 0.0702. The van der Waals surface area contributed by atoms with E-state index in [1.165, 1.54) is 15.3 Å². The summed E-state index contributed by atoms with van der Waals surface area (Å²) in [7, 11) is 0. The number of carbonyl (C=O) groups is 4. The van der Waals surface area contributed by atoms with Gasteiger partial charge in [0.1, 0.15) is 41.3 Å². The highest BCUT2D eigenvalue weighted by atomic mass is 35.5. The van der Waals surface area contributed by atoms with Crippen LogP contribution in [0.15, 0.2) is 89.2 Å². The molecule has 366 valence electrons. The van der Waals surface area contributed by atoms with Crippen LogP contribution in [0.1, 0.15) is 96.0 Å². The molecule has 5 heterocycles. The Bertz CT molecular complexity index is 2920. The maximum atomic E-state index is 14.2. The maximum Gasteiger partial charge on any atom is 0.246 e. The van der Waals surface area contributed by atoms with Crippen molar-refractivity contribution in [2.45, 2.75) is 105 Å². The van der Waals surface area contributed by atoms with Crippen LogP contribution in [0, 0.1) is 33.1 Å². The molecule has 3 aromatic carbocycles. The topological polar surface area (TPSA) is 180 Å². The zero-order valence-corrected chi connectivity index (χ0v) is 42.9. The summed E-state index contributed by atoms with van der Waals surface area (Å²) in [6.07, 6.45) is -0.248. The first-order chi connectivity index (χ1) is 33.4. The molecule has 8 rings (SSSR count). The number of ether oxygens (including phenoxy) is 1. The molecular weight excluding hydrogens is 944 g/mol. The molecule has 17 heteroatoms. The number of aliphatic hydroxyl groups is 1. The number of amides is 4. The van der Waals surface area contributed by atoms with Gasteiger partial charge in [0.05, 0.1) is 24.8 Å². The molecule has 3 aromatic heterocycles. The van der Waals surface area contributed by atoms with E-state index in [0.29, 0.717) is 28.8 Å². The Morgan fingerprint density at radius 3 is 2.37 bits per heavy atom. The number of aryl methyl sites for hydroxylation is 4. The van der Waals surface area contributed by atoms with Gasteiger partial charge < -0.3 is 30.7 Å². The third-order valence-corrected chi connectivity index (χ3v) is 15.3. The molecule has 0 aliphatic carbocycles. The van der Waals surface area contributed by atoms with Crippen molar-refractivity contribution in [1.29, 1.82) is 0 Å². The molecule has 6 aromatic rings. The molecule has 0 bridgehead atoms. The van der Waals surface area contributed by atoms with E-state index in [0.717, 1.165) is 49.0 Å². The average molecular weight is 1000 g/mol. The highest BCUT2D eigenvalue weighted by Gasteiger charge is 2.44. The lowest BCUT2D eigenvalue weighted by molar-refractivity contribution is -0.144. The minimum absolute atomic E-state index is 0.00849. The van der Waals surface area contributed by atoms with Crippen LogP contribution in [-0.2, 0) is 32.1 Å². The van der Waals surface area contributed by atoms with E-state index in [4.69, 9.17) is 21.3 Å². The van der Waals surface area contributed by atoms with Crippen molar-refractivity contribution in [3.8, 4) is 21.2 Å². The number of fused-ring (bicyclic) bond motifs is 3. The van der Waals surface area contributed by atoms with Crippen LogP contribution in [0.2, 0.25) is 5.02 Å². The van der Waals surface area contributed by atoms with Gasteiger partial charge in [-0.2, -0.15) is 0 Å². The first kappa shape index (κ1) is 50.2. The lowest BCUT2D eigenvalue weighted by Crippen LogP contribution is -2.57. The van der Waals surface area contributed by atoms with Crippen LogP contribution in [0.5, 0.6) is 5.75 Å². The van der Waals surface area contributed by atoms with E-state index >= 15 is 0 Å². The summed E-state index contributed by atoms with van der Waals surface area (Å²) in [6.45, 7) is 14.4. The summed E-state index contributed by atoms with van der Waals surface area (Å²) < 4.78 is 8.05. The number of aliphatic hydroxyl groups excluding tert-OH is 1. The normalized spacial score (nSPS) is 17.0. The second kappa shape index (κ2) is 21.4. The van der Waals surface area contributed by atoms with Gasteiger partial charge >= 0.3 is 0 Å². The number of hydrogen-bond acceptors (Lipinski definition) is 11. The second-order valence-electron chi connectivity index (χ2n) is 19.1. The van der Waals surface area contributed by atoms with Gasteiger partial charge in [0.15, 0.2) is 5.82 Å². The molecule has 2 aliphatic rings. The first-order valence-electron chi connectivity index (χ1n) is 23.5. The lowest BCUT2D eigenvalue weighted by Gasteiger charge is -2.35. The Morgan fingerprint density at radius 2 is 1.66 bits per heavy atom. The van der Waals surface area contributed by atoms with Crippen molar-refractivity contribution in [1.82, 2.24) is 35.6 Å². The van der Waals surface area contributed by atoms with Crippen molar-refractivity contribution in [3.63, 3.8) is 0 Å². The minimum Gasteiger partial charge on any atom is -0.492 e. The Morgan fingerprint density at radius 1 is 0.914 bits per heavy atom. The summed E-state index contributed by atoms with van der Waals surface area (Å²) >= 11 is 9.59. The fraction of sp³-hybridized carbons (Fsp3) is 0.377. The van der Waals surface area contributed by atoms with E-state index in [2.05, 4.69) is 58.4 Å². The number of β-amino-alcohol motifs (C(OH)–C–C–N with tert-alkyl or cyclic N) is 1. The van der Waals surface area contributed by atoms with Gasteiger partial charge in [0.2, 0.25) is 23.6 Å². The van der Waals surface area contributed by atoms with Crippen LogP contribution in [0.25, 0.3) is 15.4 Å². The number of aromatic nitrogens is 3. The SMILES string of the molecule is Cc1ccsc1-c1ccc(CNC(=O)[C@@H]2C[C@@H](O)CN2C(=O)[C@@H](NC(=O)CCc2cccc(OCCNC(=O)C[C@@H]3N=C(c4ccc(Cl)cc4)c4c(sc(C)c4C)-n4c(C)nnc43)c2)C(C)(C)C)cc1. The number of benzene rings is 3. The molecule has 1 saturated heterocycles. The molecular formula is C53H59ClN8O6S2. The highest BCUT2D eigenvalue weighted by molar-refractivity contribution is 7.15. The molecule has 1 fully saturated rings. The summed E-state index contributed by atoms with van der Waals surface area (Å²) in [5.41, 5.74) is 7.16. The lowest BCUT2D eigenvalue weighted by atomic mass is 9.85. The van der Waals surface area contributed by atoms with Crippen LogP contribution >= 0.6 is 34.3 Å². The van der Waals surface area contributed by atoms with Gasteiger partial charge in [-0.1, -0.05) is 80.9 Å². The number of likely N-dealkylation sites (tertiary alicyclic amines) is 1. The number of rotatable bonds is 16. The van der Waals surface area contributed by atoms with Gasteiger partial charge in [-0.3, -0.25) is 28.7 Å². The Kier molecular flexibility index (Phi) is 15.4. The second-order valence-corrected chi connectivity index (χ2v) is 21.6. The molecule has 2 aliphatic heterocycles. The third kappa shape index (κ3) is 11.4. The minimum atomic E-state index is -0.941. The number of nitrogens with zero attached hydrogens (tertiary/aromatic N) is 5. The monoisotopic (exact) mass is 1000 g/mol. The summed E-state index contributed by atoms with van der Waals surface area (Å²) in [5.74, 6) is 0.580. The van der Waals surface area contributed by atoms with Crippen molar-refractivity contribution in [2.75, 3.05) is 19.7 Å². The van der Waals surface area contributed by atoms with Crippen LogP contribution < -0.4 is 20.7 Å². The standard InChI is InChI=1S/C53H59ClN8O6S2/c1-30-21-24-69-47(30)37-14-11-35(12-15-37)28-56-50(66)42-26-39(63)29-61(42)51(67)48(53(5,6)7)58-43(64)20-13-34-9-8-10-40(25-34)68-23-22-55-44(65)27-41-49-60-59-33(4)62(49)52-45(31(2)32(3)70-52)46(57-41)36-16-18-38(54)19-17-36/h8-12,14-19,21,24-25,39,41-42,48,63H,13,20,22-23,26-29H2,1-7H3,(H,55,65)(H,56,66)(H,58,64)/t39-,41+,42+,48-/m1/s1. The predicted octanol–water partition coefficient (Wildman–Crippen LogP) is 8.16. The van der Waals surface area contributed by atoms with Crippen molar-refractivity contribution < 1.29 is 29.0 Å². The van der Waals surface area contributed by atoms with E-state index < -0.39 is 35.6 Å². The smallest absolute Gasteiger partial charge is 0.246 e. The molecule has 4 N–H and O–H groups in total.